The van der Waals surface area contributed by atoms with Crippen molar-refractivity contribution >= 4 is 23.7 Å². The largest absolute Gasteiger partial charge is 0.306 e. The number of halogens is 2. The summed E-state index contributed by atoms with van der Waals surface area (Å²) in [4.78, 5) is 2.12. The minimum absolute atomic E-state index is 0. The minimum Gasteiger partial charge on any atom is -0.306 e. The lowest BCUT2D eigenvalue weighted by Crippen LogP contribution is -2.14. The maximum absolute atomic E-state index is 13.7. The lowest BCUT2D eigenvalue weighted by atomic mass is 10.2. The van der Waals surface area contributed by atoms with Gasteiger partial charge in [-0.05, 0) is 18.2 Å². The zero-order valence-electron chi connectivity index (χ0n) is 12.0. The first-order valence-corrected chi connectivity index (χ1v) is 7.43. The fourth-order valence-corrected chi connectivity index (χ4v) is 3.07. The second-order valence-electron chi connectivity index (χ2n) is 4.70. The molecule has 0 radical (unpaired) electrons. The highest BCUT2D eigenvalue weighted by atomic mass is 35.5. The molecule has 3 aromatic rings. The maximum atomic E-state index is 13.7. The molecule has 0 atom stereocenters. The average Bonchev–Trinajstić information content (AvgIpc) is 3.10. The zero-order chi connectivity index (χ0) is 14.7. The SMILES string of the molecule is Cl.Cn1nncc1CNCc1ccc(-c2ccccc2F)s1. The van der Waals surface area contributed by atoms with E-state index in [-0.39, 0.29) is 18.2 Å². The summed E-state index contributed by atoms with van der Waals surface area (Å²) in [5.41, 5.74) is 1.69. The standard InChI is InChI=1S/C15H15FN4S.ClH/c1-20-11(9-18-19-20)8-17-10-12-6-7-15(21-12)13-4-2-3-5-14(13)16;/h2-7,9,17H,8,10H2,1H3;1H. The van der Waals surface area contributed by atoms with E-state index < -0.39 is 0 Å². The third-order valence-corrected chi connectivity index (χ3v) is 4.33. The first-order chi connectivity index (χ1) is 10.2. The number of benzene rings is 1. The second kappa shape index (κ2) is 7.49. The Labute approximate surface area is 138 Å². The van der Waals surface area contributed by atoms with E-state index in [0.717, 1.165) is 17.1 Å². The molecule has 1 N–H and O–H groups in total. The van der Waals surface area contributed by atoms with E-state index in [0.29, 0.717) is 12.1 Å². The Morgan fingerprint density at radius 3 is 2.73 bits per heavy atom. The Morgan fingerprint density at radius 2 is 2.00 bits per heavy atom. The summed E-state index contributed by atoms with van der Waals surface area (Å²) in [7, 11) is 1.87. The molecule has 2 aromatic heterocycles. The average molecular weight is 339 g/mol. The third-order valence-electron chi connectivity index (χ3n) is 3.21. The highest BCUT2D eigenvalue weighted by Gasteiger charge is 2.07. The van der Waals surface area contributed by atoms with Crippen LogP contribution in [0.25, 0.3) is 10.4 Å². The van der Waals surface area contributed by atoms with Gasteiger partial charge < -0.3 is 5.32 Å². The number of nitrogens with one attached hydrogen (secondary N) is 1. The van der Waals surface area contributed by atoms with E-state index >= 15 is 0 Å². The number of aryl methyl sites for hydroxylation is 1. The lowest BCUT2D eigenvalue weighted by Gasteiger charge is -2.02. The van der Waals surface area contributed by atoms with Crippen molar-refractivity contribution in [2.75, 3.05) is 0 Å². The van der Waals surface area contributed by atoms with Crippen molar-refractivity contribution in [1.82, 2.24) is 20.3 Å². The van der Waals surface area contributed by atoms with Crippen LogP contribution in [0, 0.1) is 5.82 Å². The van der Waals surface area contributed by atoms with E-state index in [4.69, 9.17) is 0 Å². The van der Waals surface area contributed by atoms with Crippen LogP contribution >= 0.6 is 23.7 Å². The van der Waals surface area contributed by atoms with Crippen LogP contribution in [0.5, 0.6) is 0 Å². The molecule has 116 valence electrons. The van der Waals surface area contributed by atoms with Gasteiger partial charge in [0.2, 0.25) is 0 Å². The van der Waals surface area contributed by atoms with Gasteiger partial charge in [0.25, 0.3) is 0 Å². The van der Waals surface area contributed by atoms with Gasteiger partial charge in [0.1, 0.15) is 5.82 Å². The minimum atomic E-state index is -0.181. The zero-order valence-corrected chi connectivity index (χ0v) is 13.6. The van der Waals surface area contributed by atoms with E-state index in [1.165, 1.54) is 10.9 Å². The molecule has 0 aliphatic carbocycles. The Bertz CT molecular complexity index is 740. The van der Waals surface area contributed by atoms with E-state index in [2.05, 4.69) is 15.6 Å². The monoisotopic (exact) mass is 338 g/mol. The van der Waals surface area contributed by atoms with E-state index in [9.17, 15) is 4.39 Å². The van der Waals surface area contributed by atoms with Gasteiger partial charge in [-0.15, -0.1) is 28.8 Å². The number of aromatic nitrogens is 3. The van der Waals surface area contributed by atoms with Crippen molar-refractivity contribution in [2.45, 2.75) is 13.1 Å². The fourth-order valence-electron chi connectivity index (χ4n) is 2.06. The summed E-state index contributed by atoms with van der Waals surface area (Å²) in [6, 6.07) is 10.8. The second-order valence-corrected chi connectivity index (χ2v) is 5.87. The molecule has 0 bridgehead atoms. The maximum Gasteiger partial charge on any atom is 0.131 e. The quantitative estimate of drug-likeness (QED) is 0.775. The number of rotatable bonds is 5. The Morgan fingerprint density at radius 1 is 1.18 bits per heavy atom. The van der Waals surface area contributed by atoms with Gasteiger partial charge in [0, 0.05) is 35.5 Å². The van der Waals surface area contributed by atoms with Crippen LogP contribution in [0.4, 0.5) is 4.39 Å². The van der Waals surface area contributed by atoms with Crippen LogP contribution in [0.15, 0.2) is 42.6 Å². The molecule has 4 nitrogen and oxygen atoms in total. The normalized spacial score (nSPS) is 10.5. The van der Waals surface area contributed by atoms with Gasteiger partial charge in [0.05, 0.1) is 11.9 Å². The van der Waals surface area contributed by atoms with Crippen LogP contribution < -0.4 is 5.32 Å². The third kappa shape index (κ3) is 3.71. The number of hydrogen-bond acceptors (Lipinski definition) is 4. The molecule has 0 fully saturated rings. The van der Waals surface area contributed by atoms with E-state index in [1.807, 2.05) is 25.2 Å². The van der Waals surface area contributed by atoms with Crippen molar-refractivity contribution in [3.05, 3.63) is 59.0 Å². The number of thiophene rings is 1. The van der Waals surface area contributed by atoms with Gasteiger partial charge in [-0.3, -0.25) is 4.68 Å². The first-order valence-electron chi connectivity index (χ1n) is 6.62. The van der Waals surface area contributed by atoms with Crippen LogP contribution in [0.2, 0.25) is 0 Å². The van der Waals surface area contributed by atoms with Crippen LogP contribution in [-0.2, 0) is 20.1 Å². The summed E-state index contributed by atoms with van der Waals surface area (Å²) in [5.74, 6) is -0.181. The Balaban J connectivity index is 0.00000176. The molecule has 22 heavy (non-hydrogen) atoms. The van der Waals surface area contributed by atoms with Crippen molar-refractivity contribution < 1.29 is 4.39 Å². The number of hydrogen-bond donors (Lipinski definition) is 1. The molecular formula is C15H16ClFN4S. The van der Waals surface area contributed by atoms with Crippen molar-refractivity contribution in [3.63, 3.8) is 0 Å². The van der Waals surface area contributed by atoms with Crippen molar-refractivity contribution in [1.29, 1.82) is 0 Å². The summed E-state index contributed by atoms with van der Waals surface area (Å²) < 4.78 is 15.5. The summed E-state index contributed by atoms with van der Waals surface area (Å²) >= 11 is 1.60. The molecule has 0 aliphatic rings. The molecule has 1 aromatic carbocycles. The van der Waals surface area contributed by atoms with Gasteiger partial charge in [-0.2, -0.15) is 0 Å². The molecule has 3 rings (SSSR count). The van der Waals surface area contributed by atoms with Crippen molar-refractivity contribution in [3.8, 4) is 10.4 Å². The van der Waals surface area contributed by atoms with Crippen molar-refractivity contribution in [2.24, 2.45) is 7.05 Å². The lowest BCUT2D eigenvalue weighted by molar-refractivity contribution is 0.619. The molecule has 0 aliphatic heterocycles. The fraction of sp³-hybridized carbons (Fsp3) is 0.200. The van der Waals surface area contributed by atoms with Crippen LogP contribution in [0.3, 0.4) is 0 Å². The molecule has 0 spiro atoms. The van der Waals surface area contributed by atoms with E-state index in [1.54, 1.807) is 34.3 Å². The molecule has 2 heterocycles. The molecule has 0 unspecified atom stereocenters. The Kier molecular flexibility index (Phi) is 5.65. The van der Waals surface area contributed by atoms with Gasteiger partial charge in [0.15, 0.2) is 0 Å². The van der Waals surface area contributed by atoms with Gasteiger partial charge >= 0.3 is 0 Å². The molecule has 7 heteroatoms. The topological polar surface area (TPSA) is 42.7 Å². The van der Waals surface area contributed by atoms with Crippen LogP contribution in [-0.4, -0.2) is 15.0 Å². The molecule has 0 amide bonds. The number of nitrogens with zero attached hydrogens (tertiary/aromatic N) is 3. The predicted octanol–water partition coefficient (Wildman–Crippen LogP) is 3.39. The molecule has 0 saturated heterocycles. The first kappa shape index (κ1) is 16.6. The highest BCUT2D eigenvalue weighted by Crippen LogP contribution is 2.29. The van der Waals surface area contributed by atoms with Gasteiger partial charge in [-0.1, -0.05) is 23.4 Å². The van der Waals surface area contributed by atoms with Crippen LogP contribution in [0.1, 0.15) is 10.6 Å². The molecular weight excluding hydrogens is 323 g/mol. The summed E-state index contributed by atoms with van der Waals surface area (Å²) in [5, 5.41) is 11.1. The summed E-state index contributed by atoms with van der Waals surface area (Å²) in [6.45, 7) is 1.45. The molecule has 0 saturated carbocycles. The summed E-state index contributed by atoms with van der Waals surface area (Å²) in [6.07, 6.45) is 1.74. The Hall–Kier alpha value is -1.76. The van der Waals surface area contributed by atoms with Gasteiger partial charge in [-0.25, -0.2) is 4.39 Å². The highest BCUT2D eigenvalue weighted by molar-refractivity contribution is 7.15. The predicted molar refractivity (Wildman–Crippen MR) is 88.5 cm³/mol. The smallest absolute Gasteiger partial charge is 0.131 e.